The van der Waals surface area contributed by atoms with Crippen LogP contribution >= 0.6 is 11.6 Å². The van der Waals surface area contributed by atoms with E-state index in [1.165, 1.54) is 0 Å². The van der Waals surface area contributed by atoms with E-state index in [-0.39, 0.29) is 0 Å². The van der Waals surface area contributed by atoms with Crippen molar-refractivity contribution in [3.63, 3.8) is 0 Å². The highest BCUT2D eigenvalue weighted by Gasteiger charge is 2.02. The smallest absolute Gasteiger partial charge is 0.128 e. The maximum atomic E-state index is 5.87. The number of imidazole rings is 1. The fourth-order valence-corrected chi connectivity index (χ4v) is 1.40. The summed E-state index contributed by atoms with van der Waals surface area (Å²) in [6.07, 6.45) is 1.66. The van der Waals surface area contributed by atoms with Crippen molar-refractivity contribution in [2.45, 2.75) is 20.4 Å². The molecule has 16 heavy (non-hydrogen) atoms. The van der Waals surface area contributed by atoms with Crippen LogP contribution in [0.25, 0.3) is 0 Å². The lowest BCUT2D eigenvalue weighted by Gasteiger charge is -2.08. The fraction of sp³-hybridized carbons (Fsp3) is 0.727. The molecule has 0 amide bonds. The average molecular weight is 246 g/mol. The third kappa shape index (κ3) is 4.51. The van der Waals surface area contributed by atoms with Gasteiger partial charge in [0, 0.05) is 20.2 Å². The van der Waals surface area contributed by atoms with Crippen molar-refractivity contribution < 1.29 is 4.74 Å². The van der Waals surface area contributed by atoms with E-state index in [0.717, 1.165) is 25.6 Å². The molecule has 0 radical (unpaired) electrons. The zero-order chi connectivity index (χ0) is 12.0. The molecule has 1 heterocycles. The van der Waals surface area contributed by atoms with Crippen LogP contribution in [-0.2, 0) is 18.3 Å². The van der Waals surface area contributed by atoms with Crippen LogP contribution < -0.4 is 5.32 Å². The first-order valence-corrected chi connectivity index (χ1v) is 5.93. The van der Waals surface area contributed by atoms with E-state index in [0.29, 0.717) is 17.6 Å². The van der Waals surface area contributed by atoms with Crippen molar-refractivity contribution in [3.05, 3.63) is 17.2 Å². The van der Waals surface area contributed by atoms with Gasteiger partial charge in [0.25, 0.3) is 0 Å². The molecular formula is C11H20ClN3O. The number of hydrogen-bond donors (Lipinski definition) is 1. The van der Waals surface area contributed by atoms with E-state index in [1.807, 2.05) is 11.6 Å². The van der Waals surface area contributed by atoms with Crippen molar-refractivity contribution in [2.24, 2.45) is 13.0 Å². The topological polar surface area (TPSA) is 39.1 Å². The Kier molecular flexibility index (Phi) is 5.80. The maximum Gasteiger partial charge on any atom is 0.128 e. The summed E-state index contributed by atoms with van der Waals surface area (Å²) in [4.78, 5) is 4.19. The van der Waals surface area contributed by atoms with Crippen LogP contribution in [0.4, 0.5) is 0 Å². The fourth-order valence-electron chi connectivity index (χ4n) is 1.25. The van der Waals surface area contributed by atoms with E-state index in [2.05, 4.69) is 24.1 Å². The van der Waals surface area contributed by atoms with Gasteiger partial charge < -0.3 is 14.6 Å². The predicted octanol–water partition coefficient (Wildman–Crippen LogP) is 1.84. The summed E-state index contributed by atoms with van der Waals surface area (Å²) >= 11 is 5.87. The Bertz CT molecular complexity index is 312. The summed E-state index contributed by atoms with van der Waals surface area (Å²) in [7, 11) is 1.90. The van der Waals surface area contributed by atoms with Gasteiger partial charge in [0.2, 0.25) is 0 Å². The van der Waals surface area contributed by atoms with E-state index in [4.69, 9.17) is 16.3 Å². The molecule has 0 aliphatic rings. The van der Waals surface area contributed by atoms with Gasteiger partial charge in [0.05, 0.1) is 19.3 Å². The van der Waals surface area contributed by atoms with Gasteiger partial charge in [0.1, 0.15) is 11.0 Å². The van der Waals surface area contributed by atoms with Gasteiger partial charge in [-0.3, -0.25) is 0 Å². The summed E-state index contributed by atoms with van der Waals surface area (Å²) in [5, 5.41) is 3.92. The minimum absolute atomic E-state index is 0.591. The number of ether oxygens (including phenoxy) is 1. The minimum Gasteiger partial charge on any atom is -0.380 e. The largest absolute Gasteiger partial charge is 0.380 e. The average Bonchev–Trinajstić information content (AvgIpc) is 2.54. The second kappa shape index (κ2) is 6.89. The van der Waals surface area contributed by atoms with Gasteiger partial charge in [-0.05, 0) is 5.92 Å². The molecule has 0 bridgehead atoms. The van der Waals surface area contributed by atoms with Crippen molar-refractivity contribution in [3.8, 4) is 0 Å². The number of nitrogens with zero attached hydrogens (tertiary/aromatic N) is 2. The summed E-state index contributed by atoms with van der Waals surface area (Å²) < 4.78 is 7.32. The highest BCUT2D eigenvalue weighted by atomic mass is 35.5. The van der Waals surface area contributed by atoms with E-state index >= 15 is 0 Å². The third-order valence-corrected chi connectivity index (χ3v) is 2.54. The zero-order valence-corrected chi connectivity index (χ0v) is 10.9. The van der Waals surface area contributed by atoms with Crippen LogP contribution in [0.15, 0.2) is 6.20 Å². The molecule has 92 valence electrons. The van der Waals surface area contributed by atoms with Crippen molar-refractivity contribution in [1.82, 2.24) is 14.9 Å². The quantitative estimate of drug-likeness (QED) is 0.745. The van der Waals surface area contributed by atoms with Gasteiger partial charge >= 0.3 is 0 Å². The highest BCUT2D eigenvalue weighted by molar-refractivity contribution is 6.29. The number of hydrogen-bond acceptors (Lipinski definition) is 3. The van der Waals surface area contributed by atoms with Gasteiger partial charge in [-0.25, -0.2) is 4.98 Å². The van der Waals surface area contributed by atoms with E-state index < -0.39 is 0 Å². The molecule has 0 aliphatic carbocycles. The van der Waals surface area contributed by atoms with Gasteiger partial charge in [-0.2, -0.15) is 0 Å². The molecule has 0 aliphatic heterocycles. The number of nitrogens with one attached hydrogen (secondary N) is 1. The molecule has 5 heteroatoms. The number of halogens is 1. The van der Waals surface area contributed by atoms with Crippen LogP contribution in [0.2, 0.25) is 5.15 Å². The molecule has 4 nitrogen and oxygen atoms in total. The zero-order valence-electron chi connectivity index (χ0n) is 10.2. The Labute approximate surface area is 102 Å². The Balaban J connectivity index is 2.10. The maximum absolute atomic E-state index is 5.87. The Morgan fingerprint density at radius 1 is 1.56 bits per heavy atom. The van der Waals surface area contributed by atoms with Crippen molar-refractivity contribution in [2.75, 3.05) is 19.8 Å². The minimum atomic E-state index is 0.591. The van der Waals surface area contributed by atoms with Crippen LogP contribution in [0, 0.1) is 5.92 Å². The van der Waals surface area contributed by atoms with Crippen molar-refractivity contribution >= 4 is 11.6 Å². The summed E-state index contributed by atoms with van der Waals surface area (Å²) in [6, 6.07) is 0. The lowest BCUT2D eigenvalue weighted by atomic mass is 10.2. The number of rotatable bonds is 7. The van der Waals surface area contributed by atoms with Gasteiger partial charge in [0.15, 0.2) is 0 Å². The molecule has 1 aromatic rings. The molecule has 0 atom stereocenters. The van der Waals surface area contributed by atoms with Gasteiger partial charge in [-0.1, -0.05) is 25.4 Å². The van der Waals surface area contributed by atoms with Gasteiger partial charge in [-0.15, -0.1) is 0 Å². The molecule has 0 saturated carbocycles. The van der Waals surface area contributed by atoms with Crippen LogP contribution in [0.3, 0.4) is 0 Å². The molecule has 0 aromatic carbocycles. The Morgan fingerprint density at radius 3 is 2.88 bits per heavy atom. The molecule has 1 aromatic heterocycles. The predicted molar refractivity (Wildman–Crippen MR) is 65.6 cm³/mol. The monoisotopic (exact) mass is 245 g/mol. The summed E-state index contributed by atoms with van der Waals surface area (Å²) in [5.74, 6) is 1.53. The molecule has 0 unspecified atom stereocenters. The third-order valence-electron chi connectivity index (χ3n) is 2.19. The first-order chi connectivity index (χ1) is 7.61. The molecule has 1 N–H and O–H groups in total. The standard InChI is InChI=1S/C11H20ClN3O/c1-9(2)8-16-5-4-13-7-11-14-6-10(12)15(11)3/h6,9,13H,4-5,7-8H2,1-3H3. The molecule has 0 saturated heterocycles. The normalized spacial score (nSPS) is 11.3. The molecule has 0 spiro atoms. The van der Waals surface area contributed by atoms with Crippen LogP contribution in [-0.4, -0.2) is 29.3 Å². The van der Waals surface area contributed by atoms with E-state index in [9.17, 15) is 0 Å². The lowest BCUT2D eigenvalue weighted by Crippen LogP contribution is -2.21. The van der Waals surface area contributed by atoms with Crippen LogP contribution in [0.1, 0.15) is 19.7 Å². The Hall–Kier alpha value is -0.580. The van der Waals surface area contributed by atoms with Crippen LogP contribution in [0.5, 0.6) is 0 Å². The van der Waals surface area contributed by atoms with Crippen molar-refractivity contribution in [1.29, 1.82) is 0 Å². The molecular weight excluding hydrogens is 226 g/mol. The SMILES string of the molecule is CC(C)COCCNCc1ncc(Cl)n1C. The second-order valence-corrected chi connectivity index (χ2v) is 4.59. The molecule has 0 fully saturated rings. The molecule has 1 rings (SSSR count). The van der Waals surface area contributed by atoms with E-state index in [1.54, 1.807) is 6.20 Å². The Morgan fingerprint density at radius 2 is 2.31 bits per heavy atom. The number of aromatic nitrogens is 2. The lowest BCUT2D eigenvalue weighted by molar-refractivity contribution is 0.111. The first-order valence-electron chi connectivity index (χ1n) is 5.55. The first kappa shape index (κ1) is 13.5. The highest BCUT2D eigenvalue weighted by Crippen LogP contribution is 2.08. The second-order valence-electron chi connectivity index (χ2n) is 4.20. The summed E-state index contributed by atoms with van der Waals surface area (Å²) in [5.41, 5.74) is 0. The summed E-state index contributed by atoms with van der Waals surface area (Å²) in [6.45, 7) is 7.38.